The molecule has 0 bridgehead atoms. The maximum atomic E-state index is 11.7. The fourth-order valence-electron chi connectivity index (χ4n) is 3.99. The van der Waals surface area contributed by atoms with E-state index >= 15 is 0 Å². The van der Waals surface area contributed by atoms with E-state index in [0.717, 1.165) is 62.7 Å². The van der Waals surface area contributed by atoms with Crippen molar-refractivity contribution in [3.05, 3.63) is 70.3 Å². The number of halogens is 1. The summed E-state index contributed by atoms with van der Waals surface area (Å²) in [5.41, 5.74) is 6.34. The van der Waals surface area contributed by atoms with Crippen molar-refractivity contribution in [3.63, 3.8) is 0 Å². The van der Waals surface area contributed by atoms with Crippen molar-refractivity contribution >= 4 is 56.3 Å². The van der Waals surface area contributed by atoms with Gasteiger partial charge in [-0.1, -0.05) is 30.7 Å². The number of rotatable bonds is 5. The van der Waals surface area contributed by atoms with E-state index in [9.17, 15) is 4.55 Å². The van der Waals surface area contributed by atoms with Crippen LogP contribution in [0.1, 0.15) is 24.6 Å². The first-order chi connectivity index (χ1) is 15.5. The highest BCUT2D eigenvalue weighted by atomic mass is 35.5. The lowest BCUT2D eigenvalue weighted by atomic mass is 10.1. The number of benzene rings is 1. The van der Waals surface area contributed by atoms with Crippen LogP contribution in [-0.2, 0) is 17.6 Å². The third kappa shape index (κ3) is 4.06. The molecule has 0 N–H and O–H groups in total. The minimum absolute atomic E-state index is 0.636. The maximum absolute atomic E-state index is 11.7. The SMILES string of the molecule is CCc1nc2ccc(C3=CC[S+]([O-])CC3)cn2c1N(C)c1nc(-c2ccc(Cl)cc2)cs1. The number of allylic oxidation sites excluding steroid dienone is 1. The van der Waals surface area contributed by atoms with Gasteiger partial charge < -0.3 is 9.45 Å². The monoisotopic (exact) mass is 482 g/mol. The molecule has 1 aromatic carbocycles. The summed E-state index contributed by atoms with van der Waals surface area (Å²) in [5.74, 6) is 2.39. The largest absolute Gasteiger partial charge is 0.616 e. The van der Waals surface area contributed by atoms with Gasteiger partial charge in [-0.25, -0.2) is 9.97 Å². The Morgan fingerprint density at radius 3 is 2.66 bits per heavy atom. The lowest BCUT2D eigenvalue weighted by Crippen LogP contribution is -2.15. The van der Waals surface area contributed by atoms with Crippen molar-refractivity contribution in [2.45, 2.75) is 19.8 Å². The summed E-state index contributed by atoms with van der Waals surface area (Å²) < 4.78 is 13.9. The predicted molar refractivity (Wildman–Crippen MR) is 136 cm³/mol. The number of pyridine rings is 1. The Morgan fingerprint density at radius 1 is 1.16 bits per heavy atom. The maximum Gasteiger partial charge on any atom is 0.191 e. The van der Waals surface area contributed by atoms with Crippen molar-refractivity contribution in [1.29, 1.82) is 0 Å². The van der Waals surface area contributed by atoms with Crippen molar-refractivity contribution < 1.29 is 4.55 Å². The van der Waals surface area contributed by atoms with Crippen LogP contribution in [0.15, 0.2) is 54.1 Å². The van der Waals surface area contributed by atoms with Crippen molar-refractivity contribution in [3.8, 4) is 11.3 Å². The van der Waals surface area contributed by atoms with Crippen LogP contribution in [-0.4, -0.2) is 37.5 Å². The minimum atomic E-state index is -0.729. The van der Waals surface area contributed by atoms with Gasteiger partial charge in [0.05, 0.1) is 11.4 Å². The van der Waals surface area contributed by atoms with E-state index in [0.29, 0.717) is 5.75 Å². The zero-order chi connectivity index (χ0) is 22.2. The number of hydrogen-bond donors (Lipinski definition) is 0. The molecule has 0 amide bonds. The van der Waals surface area contributed by atoms with Gasteiger partial charge >= 0.3 is 0 Å². The summed E-state index contributed by atoms with van der Waals surface area (Å²) in [5, 5.41) is 3.70. The summed E-state index contributed by atoms with van der Waals surface area (Å²) in [6.07, 6.45) is 5.94. The highest BCUT2D eigenvalue weighted by Crippen LogP contribution is 2.34. The van der Waals surface area contributed by atoms with Crippen molar-refractivity contribution in [1.82, 2.24) is 14.4 Å². The number of aromatic nitrogens is 3. The molecule has 0 spiro atoms. The van der Waals surface area contributed by atoms with E-state index in [1.807, 2.05) is 31.3 Å². The number of imidazole rings is 1. The van der Waals surface area contributed by atoms with Crippen molar-refractivity contribution in [2.24, 2.45) is 0 Å². The van der Waals surface area contributed by atoms with E-state index < -0.39 is 11.2 Å². The highest BCUT2D eigenvalue weighted by Gasteiger charge is 2.21. The Morgan fingerprint density at radius 2 is 1.94 bits per heavy atom. The minimum Gasteiger partial charge on any atom is -0.616 e. The molecule has 1 unspecified atom stereocenters. The van der Waals surface area contributed by atoms with E-state index in [-0.39, 0.29) is 0 Å². The summed E-state index contributed by atoms with van der Waals surface area (Å²) in [6, 6.07) is 11.9. The molecular formula is C24H23ClN4OS2. The standard InChI is InChI=1S/C24H23ClN4OS2/c1-3-20-23(28(2)24-27-21(15-31-24)17-4-7-19(25)8-5-17)29-14-18(6-9-22(29)26-20)16-10-12-32(30)13-11-16/h4-10,14-15H,3,11-13H2,1-2H3. The molecule has 1 aliphatic heterocycles. The Balaban J connectivity index is 1.54. The Kier molecular flexibility index (Phi) is 5.99. The van der Waals surface area contributed by atoms with Crippen LogP contribution >= 0.6 is 22.9 Å². The molecule has 32 heavy (non-hydrogen) atoms. The third-order valence-corrected chi connectivity index (χ3v) is 8.09. The molecule has 4 heterocycles. The summed E-state index contributed by atoms with van der Waals surface area (Å²) in [6.45, 7) is 2.12. The number of nitrogens with zero attached hydrogens (tertiary/aromatic N) is 4. The van der Waals surface area contributed by atoms with Crippen LogP contribution < -0.4 is 4.90 Å². The molecule has 0 saturated heterocycles. The van der Waals surface area contributed by atoms with Crippen LogP contribution in [0.5, 0.6) is 0 Å². The molecule has 4 aromatic rings. The average molecular weight is 483 g/mol. The molecule has 164 valence electrons. The first-order valence-electron chi connectivity index (χ1n) is 10.5. The van der Waals surface area contributed by atoms with Crippen molar-refractivity contribution in [2.75, 3.05) is 23.5 Å². The second kappa shape index (κ2) is 8.90. The summed E-state index contributed by atoms with van der Waals surface area (Å²) in [7, 11) is 2.04. The second-order valence-electron chi connectivity index (χ2n) is 7.75. The van der Waals surface area contributed by atoms with Gasteiger partial charge in [0.25, 0.3) is 0 Å². The highest BCUT2D eigenvalue weighted by molar-refractivity contribution is 7.91. The Labute approximate surface area is 199 Å². The van der Waals surface area contributed by atoms with E-state index in [2.05, 4.69) is 46.0 Å². The summed E-state index contributed by atoms with van der Waals surface area (Å²) >= 11 is 6.91. The van der Waals surface area contributed by atoms with Crippen LogP contribution in [0.2, 0.25) is 5.02 Å². The Hall–Kier alpha value is -2.32. The zero-order valence-electron chi connectivity index (χ0n) is 17.9. The van der Waals surface area contributed by atoms with Gasteiger partial charge in [0.1, 0.15) is 23.0 Å². The van der Waals surface area contributed by atoms with Crippen LogP contribution in [0.3, 0.4) is 0 Å². The van der Waals surface area contributed by atoms with Crippen LogP contribution in [0, 0.1) is 0 Å². The van der Waals surface area contributed by atoms with Gasteiger partial charge in [0, 0.05) is 35.6 Å². The third-order valence-electron chi connectivity index (χ3n) is 5.72. The Bertz CT molecular complexity index is 1300. The first kappa shape index (κ1) is 21.5. The molecule has 0 radical (unpaired) electrons. The molecule has 5 nitrogen and oxygen atoms in total. The number of anilines is 2. The predicted octanol–water partition coefficient (Wildman–Crippen LogP) is 5.98. The number of aryl methyl sites for hydroxylation is 1. The number of fused-ring (bicyclic) bond motifs is 1. The molecule has 0 aliphatic carbocycles. The van der Waals surface area contributed by atoms with E-state index in [1.165, 1.54) is 5.57 Å². The number of thiazole rings is 1. The van der Waals surface area contributed by atoms with E-state index in [1.54, 1.807) is 11.3 Å². The van der Waals surface area contributed by atoms with Gasteiger partial charge in [-0.3, -0.25) is 4.40 Å². The van der Waals surface area contributed by atoms with Crippen LogP contribution in [0.4, 0.5) is 10.9 Å². The van der Waals surface area contributed by atoms with Gasteiger partial charge in [-0.15, -0.1) is 11.3 Å². The molecule has 8 heteroatoms. The molecule has 0 fully saturated rings. The normalized spacial score (nSPS) is 16.4. The summed E-state index contributed by atoms with van der Waals surface area (Å²) in [4.78, 5) is 11.9. The molecule has 0 saturated carbocycles. The molecule has 5 rings (SSSR count). The topological polar surface area (TPSA) is 56.5 Å². The quantitative estimate of drug-likeness (QED) is 0.328. The molecule has 1 aliphatic rings. The average Bonchev–Trinajstić information content (AvgIpc) is 3.44. The zero-order valence-corrected chi connectivity index (χ0v) is 20.3. The molecule has 3 aromatic heterocycles. The fraction of sp³-hybridized carbons (Fsp3) is 0.250. The van der Waals surface area contributed by atoms with Gasteiger partial charge in [0.15, 0.2) is 5.13 Å². The lowest BCUT2D eigenvalue weighted by Gasteiger charge is -2.19. The lowest BCUT2D eigenvalue weighted by molar-refractivity contribution is 0.596. The molecule has 1 atom stereocenters. The van der Waals surface area contributed by atoms with E-state index in [4.69, 9.17) is 21.6 Å². The van der Waals surface area contributed by atoms with Gasteiger partial charge in [-0.05, 0) is 59.1 Å². The smallest absolute Gasteiger partial charge is 0.191 e. The number of hydrogen-bond acceptors (Lipinski definition) is 5. The van der Waals surface area contributed by atoms with Gasteiger partial charge in [-0.2, -0.15) is 0 Å². The van der Waals surface area contributed by atoms with Crippen LogP contribution in [0.25, 0.3) is 22.5 Å². The van der Waals surface area contributed by atoms with Gasteiger partial charge in [0.2, 0.25) is 0 Å². The second-order valence-corrected chi connectivity index (χ2v) is 10.6. The molecular weight excluding hydrogens is 460 g/mol. The first-order valence-corrected chi connectivity index (χ1v) is 13.3. The fourth-order valence-corrected chi connectivity index (χ4v) is 5.92.